The number of carbonyl (C=O) groups excluding carboxylic acids is 4. The van der Waals surface area contributed by atoms with E-state index in [2.05, 4.69) is 20.9 Å². The minimum Gasteiger partial charge on any atom is -0.481 e. The summed E-state index contributed by atoms with van der Waals surface area (Å²) in [4.78, 5) is 75.7. The van der Waals surface area contributed by atoms with Crippen molar-refractivity contribution in [2.75, 3.05) is 0 Å². The summed E-state index contributed by atoms with van der Waals surface area (Å²) >= 11 is 0. The Hall–Kier alpha value is -4.46. The van der Waals surface area contributed by atoms with Crippen LogP contribution in [0.4, 0.5) is 0 Å². The Morgan fingerprint density at radius 2 is 1.56 bits per heavy atom. The second kappa shape index (κ2) is 13.9. The molecule has 0 fully saturated rings. The molecule has 4 amide bonds. The Morgan fingerprint density at radius 1 is 0.923 bits per heavy atom. The number of primary amides is 1. The average Bonchev–Trinajstić information content (AvgIpc) is 3.26. The molecule has 14 nitrogen and oxygen atoms in total. The van der Waals surface area contributed by atoms with Gasteiger partial charge in [-0.05, 0) is 24.0 Å². The van der Waals surface area contributed by atoms with Crippen molar-refractivity contribution in [3.8, 4) is 0 Å². The maximum atomic E-state index is 13.1. The van der Waals surface area contributed by atoms with Gasteiger partial charge in [0.15, 0.2) is 0 Å². The van der Waals surface area contributed by atoms with Gasteiger partial charge in [-0.3, -0.25) is 24.0 Å². The van der Waals surface area contributed by atoms with E-state index >= 15 is 0 Å². The fourth-order valence-corrected chi connectivity index (χ4v) is 3.90. The number of hydrogen-bond donors (Lipinski definition) is 8. The van der Waals surface area contributed by atoms with E-state index in [0.29, 0.717) is 5.56 Å². The number of fused-ring (bicyclic) bond motifs is 1. The molecule has 1 aromatic carbocycles. The van der Waals surface area contributed by atoms with Crippen molar-refractivity contribution in [2.24, 2.45) is 17.4 Å². The van der Waals surface area contributed by atoms with Crippen molar-refractivity contribution in [3.05, 3.63) is 36.0 Å². The first kappa shape index (κ1) is 30.8. The summed E-state index contributed by atoms with van der Waals surface area (Å²) in [6.45, 7) is 3.22. The lowest BCUT2D eigenvalue weighted by Gasteiger charge is -2.26. The lowest BCUT2D eigenvalue weighted by molar-refractivity contribution is -0.143. The van der Waals surface area contributed by atoms with Gasteiger partial charge in [-0.2, -0.15) is 0 Å². The predicted molar refractivity (Wildman–Crippen MR) is 139 cm³/mol. The number of aliphatic carboxylic acids is 2. The first-order valence-electron chi connectivity index (χ1n) is 12.2. The van der Waals surface area contributed by atoms with E-state index in [1.165, 1.54) is 0 Å². The second-order valence-corrected chi connectivity index (χ2v) is 9.46. The van der Waals surface area contributed by atoms with E-state index in [1.807, 2.05) is 12.1 Å². The predicted octanol–water partition coefficient (Wildman–Crippen LogP) is -1.03. The third-order valence-electron chi connectivity index (χ3n) is 6.00. The first-order valence-corrected chi connectivity index (χ1v) is 12.2. The molecule has 0 spiro atoms. The van der Waals surface area contributed by atoms with E-state index in [-0.39, 0.29) is 12.8 Å². The van der Waals surface area contributed by atoms with Crippen LogP contribution in [0.1, 0.15) is 38.7 Å². The van der Waals surface area contributed by atoms with Crippen molar-refractivity contribution in [3.63, 3.8) is 0 Å². The monoisotopic (exact) mass is 546 g/mol. The maximum absolute atomic E-state index is 13.1. The SMILES string of the molecule is CC(C)C(NC(=O)C(N)CC(N)=O)C(=O)NC(CCC(=O)O)C(=O)NC(Cc1c[nH]c2ccccc12)C(=O)O. The number of carboxylic acid groups (broad SMARTS) is 2. The second-order valence-electron chi connectivity index (χ2n) is 9.46. The van der Waals surface area contributed by atoms with E-state index in [0.717, 1.165) is 10.9 Å². The molecule has 14 heteroatoms. The number of carboxylic acids is 2. The highest BCUT2D eigenvalue weighted by atomic mass is 16.4. The van der Waals surface area contributed by atoms with Gasteiger partial charge in [-0.1, -0.05) is 32.0 Å². The van der Waals surface area contributed by atoms with E-state index in [9.17, 15) is 33.9 Å². The average molecular weight is 547 g/mol. The molecule has 0 bridgehead atoms. The van der Waals surface area contributed by atoms with Crippen LogP contribution in [0.15, 0.2) is 30.5 Å². The molecule has 0 saturated heterocycles. The number of aromatic nitrogens is 1. The molecule has 2 rings (SSSR count). The molecule has 1 heterocycles. The highest BCUT2D eigenvalue weighted by Gasteiger charge is 2.32. The maximum Gasteiger partial charge on any atom is 0.326 e. The molecule has 212 valence electrons. The number of H-pyrrole nitrogens is 1. The zero-order valence-corrected chi connectivity index (χ0v) is 21.6. The summed E-state index contributed by atoms with van der Waals surface area (Å²) < 4.78 is 0. The molecule has 4 unspecified atom stereocenters. The number of para-hydroxylation sites is 1. The molecule has 0 radical (unpaired) electrons. The number of nitrogens with one attached hydrogen (secondary N) is 4. The van der Waals surface area contributed by atoms with Gasteiger partial charge in [0.05, 0.1) is 12.5 Å². The number of benzene rings is 1. The van der Waals surface area contributed by atoms with Gasteiger partial charge in [0, 0.05) is 29.9 Å². The highest BCUT2D eigenvalue weighted by Crippen LogP contribution is 2.19. The number of nitrogens with two attached hydrogens (primary N) is 2. The Bertz CT molecular complexity index is 1230. The van der Waals surface area contributed by atoms with Crippen LogP contribution in [0.5, 0.6) is 0 Å². The molecule has 0 aliphatic carbocycles. The first-order chi connectivity index (χ1) is 18.3. The largest absolute Gasteiger partial charge is 0.481 e. The highest BCUT2D eigenvalue weighted by molar-refractivity contribution is 5.95. The topological polar surface area (TPSA) is 247 Å². The Morgan fingerprint density at radius 3 is 2.15 bits per heavy atom. The van der Waals surface area contributed by atoms with Gasteiger partial charge in [0.2, 0.25) is 23.6 Å². The van der Waals surface area contributed by atoms with Crippen molar-refractivity contribution in [1.29, 1.82) is 0 Å². The summed E-state index contributed by atoms with van der Waals surface area (Å²) in [5.41, 5.74) is 12.1. The van der Waals surface area contributed by atoms with Crippen molar-refractivity contribution < 1.29 is 39.0 Å². The molecule has 0 aliphatic heterocycles. The Labute approximate surface area is 223 Å². The standard InChI is InChI=1S/C25H34N6O8/c1-12(2)21(31-22(35)15(26)10-19(27)32)24(37)29-17(7-8-20(33)34)23(36)30-18(25(38)39)9-13-11-28-16-6-4-3-5-14(13)16/h3-6,11-12,15,17-18,21,28H,7-10,26H2,1-2H3,(H2,27,32)(H,29,37)(H,30,36)(H,31,35)(H,33,34)(H,38,39). The van der Waals surface area contributed by atoms with Crippen LogP contribution >= 0.6 is 0 Å². The smallest absolute Gasteiger partial charge is 0.326 e. The van der Waals surface area contributed by atoms with Crippen LogP contribution in [0.25, 0.3) is 10.9 Å². The summed E-state index contributed by atoms with van der Waals surface area (Å²) in [5.74, 6) is -6.41. The molecular weight excluding hydrogens is 512 g/mol. The van der Waals surface area contributed by atoms with Gasteiger partial charge < -0.3 is 42.6 Å². The van der Waals surface area contributed by atoms with Crippen LogP contribution in [0, 0.1) is 5.92 Å². The van der Waals surface area contributed by atoms with Crippen LogP contribution in [0.2, 0.25) is 0 Å². The van der Waals surface area contributed by atoms with Gasteiger partial charge in [-0.15, -0.1) is 0 Å². The van der Waals surface area contributed by atoms with Gasteiger partial charge in [0.1, 0.15) is 18.1 Å². The van der Waals surface area contributed by atoms with E-state index in [1.54, 1.807) is 32.2 Å². The molecule has 39 heavy (non-hydrogen) atoms. The zero-order valence-electron chi connectivity index (χ0n) is 21.6. The zero-order chi connectivity index (χ0) is 29.3. The number of carbonyl (C=O) groups is 6. The Balaban J connectivity index is 2.19. The van der Waals surface area contributed by atoms with E-state index < -0.39 is 78.5 Å². The molecule has 0 aliphatic rings. The van der Waals surface area contributed by atoms with Crippen LogP contribution in [-0.4, -0.2) is 74.9 Å². The van der Waals surface area contributed by atoms with E-state index in [4.69, 9.17) is 16.6 Å². The lowest BCUT2D eigenvalue weighted by Crippen LogP contribution is -2.58. The van der Waals surface area contributed by atoms with Crippen LogP contribution < -0.4 is 27.4 Å². The van der Waals surface area contributed by atoms with Crippen LogP contribution in [-0.2, 0) is 35.2 Å². The van der Waals surface area contributed by atoms with Crippen LogP contribution in [0.3, 0.4) is 0 Å². The van der Waals surface area contributed by atoms with Gasteiger partial charge >= 0.3 is 11.9 Å². The molecule has 1 aromatic heterocycles. The third-order valence-corrected chi connectivity index (χ3v) is 6.00. The minimum absolute atomic E-state index is 0.0763. The quantitative estimate of drug-likeness (QED) is 0.136. The van der Waals surface area contributed by atoms with Gasteiger partial charge in [0.25, 0.3) is 0 Å². The summed E-state index contributed by atoms with van der Waals surface area (Å²) in [6, 6.07) is 1.91. The fourth-order valence-electron chi connectivity index (χ4n) is 3.90. The van der Waals surface area contributed by atoms with Crippen molar-refractivity contribution >= 4 is 46.5 Å². The number of hydrogen-bond acceptors (Lipinski definition) is 7. The summed E-state index contributed by atoms with van der Waals surface area (Å²) in [7, 11) is 0. The fraction of sp³-hybridized carbons (Fsp3) is 0.440. The molecular formula is C25H34N6O8. The summed E-state index contributed by atoms with van der Waals surface area (Å²) in [6.07, 6.45) is 0.268. The number of aromatic amines is 1. The lowest BCUT2D eigenvalue weighted by atomic mass is 10.0. The Kier molecular flexibility index (Phi) is 11.0. The third kappa shape index (κ3) is 9.10. The number of amides is 4. The molecule has 0 saturated carbocycles. The van der Waals surface area contributed by atoms with Crippen molar-refractivity contribution in [1.82, 2.24) is 20.9 Å². The molecule has 4 atom stereocenters. The minimum atomic E-state index is -1.42. The summed E-state index contributed by atoms with van der Waals surface area (Å²) in [5, 5.41) is 26.8. The van der Waals surface area contributed by atoms with Gasteiger partial charge in [-0.25, -0.2) is 4.79 Å². The van der Waals surface area contributed by atoms with Crippen molar-refractivity contribution in [2.45, 2.75) is 63.7 Å². The normalized spacial score (nSPS) is 14.2. The molecule has 10 N–H and O–H groups in total. The number of rotatable bonds is 15. The molecule has 2 aromatic rings.